The lowest BCUT2D eigenvalue weighted by Crippen LogP contribution is -2.38. The molecule has 2 rings (SSSR count). The molecule has 1 aromatic heterocycles. The smallest absolute Gasteiger partial charge is 0.191 e. The Morgan fingerprint density at radius 2 is 2.17 bits per heavy atom. The number of nitrogens with one attached hydrogen (secondary N) is 2. The first-order chi connectivity index (χ1) is 10.7. The third-order valence-electron chi connectivity index (χ3n) is 3.00. The van der Waals surface area contributed by atoms with E-state index in [0.29, 0.717) is 6.54 Å². The largest absolute Gasteiger partial charge is 0.357 e. The predicted molar refractivity (Wildman–Crippen MR) is 110 cm³/mol. The lowest BCUT2D eigenvalue weighted by molar-refractivity contribution is 0.800. The molecule has 0 fully saturated rings. The van der Waals surface area contributed by atoms with Crippen LogP contribution in [0.4, 0.5) is 0 Å². The van der Waals surface area contributed by atoms with Gasteiger partial charge in [0.05, 0.1) is 11.6 Å². The average Bonchev–Trinajstić information content (AvgIpc) is 2.90. The summed E-state index contributed by atoms with van der Waals surface area (Å²) in [6.07, 6.45) is 2.80. The molecule has 1 heterocycles. The van der Waals surface area contributed by atoms with E-state index in [-0.39, 0.29) is 24.0 Å². The molecule has 7 heteroatoms. The number of hydrogen-bond acceptors (Lipinski definition) is 3. The average molecular weight is 465 g/mol. The van der Waals surface area contributed by atoms with Crippen molar-refractivity contribution in [2.75, 3.05) is 13.1 Å². The Hall–Kier alpha value is -0.860. The molecular weight excluding hydrogens is 443 g/mol. The second-order valence-corrected chi connectivity index (χ2v) is 6.60. The van der Waals surface area contributed by atoms with E-state index in [1.165, 1.54) is 10.4 Å². The van der Waals surface area contributed by atoms with Crippen LogP contribution in [0, 0.1) is 6.92 Å². The van der Waals surface area contributed by atoms with Gasteiger partial charge in [-0.25, -0.2) is 9.98 Å². The number of guanidine groups is 1. The van der Waals surface area contributed by atoms with Gasteiger partial charge in [-0.1, -0.05) is 23.7 Å². The Labute approximate surface area is 163 Å². The zero-order valence-electron chi connectivity index (χ0n) is 13.3. The molecule has 1 aromatic carbocycles. The molecule has 4 nitrogen and oxygen atoms in total. The second-order valence-electron chi connectivity index (χ2n) is 4.85. The third kappa shape index (κ3) is 7.50. The summed E-state index contributed by atoms with van der Waals surface area (Å²) in [4.78, 5) is 10.0. The molecule has 0 atom stereocenters. The van der Waals surface area contributed by atoms with Crippen molar-refractivity contribution in [3.05, 3.63) is 50.9 Å². The summed E-state index contributed by atoms with van der Waals surface area (Å²) in [6, 6.07) is 7.94. The van der Waals surface area contributed by atoms with Crippen LogP contribution in [-0.4, -0.2) is 24.0 Å². The number of halogens is 2. The Morgan fingerprint density at radius 1 is 1.35 bits per heavy atom. The van der Waals surface area contributed by atoms with Gasteiger partial charge in [0.2, 0.25) is 0 Å². The van der Waals surface area contributed by atoms with Gasteiger partial charge < -0.3 is 10.6 Å². The first-order valence-electron chi connectivity index (χ1n) is 7.35. The summed E-state index contributed by atoms with van der Waals surface area (Å²) >= 11 is 7.68. The van der Waals surface area contributed by atoms with Gasteiger partial charge in [0.25, 0.3) is 0 Å². The minimum Gasteiger partial charge on any atom is -0.357 e. The van der Waals surface area contributed by atoms with Gasteiger partial charge in [-0.15, -0.1) is 35.3 Å². The normalized spacial score (nSPS) is 11.0. The Balaban J connectivity index is 0.00000264. The first kappa shape index (κ1) is 20.2. The van der Waals surface area contributed by atoms with Crippen molar-refractivity contribution in [3.8, 4) is 0 Å². The van der Waals surface area contributed by atoms with E-state index in [1.807, 2.05) is 31.3 Å². The molecule has 23 heavy (non-hydrogen) atoms. The van der Waals surface area contributed by atoms with Crippen molar-refractivity contribution in [1.29, 1.82) is 0 Å². The van der Waals surface area contributed by atoms with E-state index in [4.69, 9.17) is 11.6 Å². The van der Waals surface area contributed by atoms with Crippen LogP contribution in [0.15, 0.2) is 35.5 Å². The van der Waals surface area contributed by atoms with Crippen LogP contribution in [0.5, 0.6) is 0 Å². The first-order valence-corrected chi connectivity index (χ1v) is 8.54. The SMILES string of the molecule is CCNC(=NCc1cnc(C)s1)NCCc1cccc(Cl)c1.I. The minimum atomic E-state index is 0. The topological polar surface area (TPSA) is 49.3 Å². The van der Waals surface area contributed by atoms with Gasteiger partial charge in [-0.3, -0.25) is 0 Å². The monoisotopic (exact) mass is 464 g/mol. The zero-order chi connectivity index (χ0) is 15.8. The number of aryl methyl sites for hydroxylation is 1. The van der Waals surface area contributed by atoms with Crippen LogP contribution in [0.1, 0.15) is 22.4 Å². The molecule has 126 valence electrons. The van der Waals surface area contributed by atoms with Gasteiger partial charge in [-0.05, 0) is 38.0 Å². The fraction of sp³-hybridized carbons (Fsp3) is 0.375. The van der Waals surface area contributed by atoms with Crippen LogP contribution in [0.25, 0.3) is 0 Å². The molecule has 0 saturated heterocycles. The summed E-state index contributed by atoms with van der Waals surface area (Å²) in [5.74, 6) is 0.829. The van der Waals surface area contributed by atoms with E-state index >= 15 is 0 Å². The van der Waals surface area contributed by atoms with E-state index in [9.17, 15) is 0 Å². The molecular formula is C16H22ClIN4S. The van der Waals surface area contributed by atoms with Crippen molar-refractivity contribution in [2.45, 2.75) is 26.8 Å². The zero-order valence-corrected chi connectivity index (χ0v) is 17.2. The number of thiazole rings is 1. The molecule has 0 radical (unpaired) electrons. The molecule has 0 aliphatic heterocycles. The summed E-state index contributed by atoms with van der Waals surface area (Å²) in [6.45, 7) is 6.37. The van der Waals surface area contributed by atoms with Gasteiger partial charge in [0.1, 0.15) is 0 Å². The Bertz CT molecular complexity index is 630. The number of rotatable bonds is 6. The minimum absolute atomic E-state index is 0. The summed E-state index contributed by atoms with van der Waals surface area (Å²) in [7, 11) is 0. The Kier molecular flexibility index (Phi) is 9.50. The van der Waals surface area contributed by atoms with E-state index in [1.54, 1.807) is 11.3 Å². The fourth-order valence-corrected chi connectivity index (χ4v) is 2.93. The molecule has 0 bridgehead atoms. The van der Waals surface area contributed by atoms with Crippen molar-refractivity contribution < 1.29 is 0 Å². The molecule has 2 aromatic rings. The van der Waals surface area contributed by atoms with Gasteiger partial charge in [-0.2, -0.15) is 0 Å². The summed E-state index contributed by atoms with van der Waals surface area (Å²) < 4.78 is 0. The molecule has 2 N–H and O–H groups in total. The molecule has 0 amide bonds. The van der Waals surface area contributed by atoms with Crippen LogP contribution in [-0.2, 0) is 13.0 Å². The van der Waals surface area contributed by atoms with Crippen molar-refractivity contribution in [1.82, 2.24) is 15.6 Å². The maximum Gasteiger partial charge on any atom is 0.191 e. The highest BCUT2D eigenvalue weighted by Gasteiger charge is 2.01. The Morgan fingerprint density at radius 3 is 2.83 bits per heavy atom. The maximum atomic E-state index is 5.99. The lowest BCUT2D eigenvalue weighted by atomic mass is 10.1. The van der Waals surface area contributed by atoms with Crippen LogP contribution in [0.2, 0.25) is 5.02 Å². The van der Waals surface area contributed by atoms with Crippen molar-refractivity contribution in [2.24, 2.45) is 4.99 Å². The number of aromatic nitrogens is 1. The third-order valence-corrected chi connectivity index (χ3v) is 4.13. The van der Waals surface area contributed by atoms with E-state index < -0.39 is 0 Å². The summed E-state index contributed by atoms with van der Waals surface area (Å²) in [5, 5.41) is 8.45. The molecule has 0 unspecified atom stereocenters. The highest BCUT2D eigenvalue weighted by Crippen LogP contribution is 2.12. The van der Waals surface area contributed by atoms with Crippen molar-refractivity contribution >= 4 is 52.9 Å². The van der Waals surface area contributed by atoms with Gasteiger partial charge in [0, 0.05) is 29.2 Å². The van der Waals surface area contributed by atoms with Gasteiger partial charge in [0.15, 0.2) is 5.96 Å². The molecule has 0 saturated carbocycles. The number of nitrogens with zero attached hydrogens (tertiary/aromatic N) is 2. The molecule has 0 aliphatic rings. The van der Waals surface area contributed by atoms with E-state index in [2.05, 4.69) is 33.6 Å². The lowest BCUT2D eigenvalue weighted by Gasteiger charge is -2.11. The fourth-order valence-electron chi connectivity index (χ4n) is 1.99. The van der Waals surface area contributed by atoms with E-state index in [0.717, 1.165) is 35.5 Å². The summed E-state index contributed by atoms with van der Waals surface area (Å²) in [5.41, 5.74) is 1.22. The van der Waals surface area contributed by atoms with Crippen molar-refractivity contribution in [3.63, 3.8) is 0 Å². The number of aliphatic imine (C=N–C) groups is 1. The highest BCUT2D eigenvalue weighted by atomic mass is 127. The number of hydrogen-bond donors (Lipinski definition) is 2. The molecule has 0 aliphatic carbocycles. The van der Waals surface area contributed by atoms with Crippen LogP contribution >= 0.6 is 46.9 Å². The standard InChI is InChI=1S/C16H21ClN4S.HI/c1-3-18-16(21-11-15-10-20-12(2)22-15)19-8-7-13-5-4-6-14(17)9-13;/h4-6,9-10H,3,7-8,11H2,1-2H3,(H2,18,19,21);1H. The predicted octanol–water partition coefficient (Wildman–Crippen LogP) is 4.02. The second kappa shape index (κ2) is 10.8. The number of benzene rings is 1. The molecule has 0 spiro atoms. The quantitative estimate of drug-likeness (QED) is 0.386. The maximum absolute atomic E-state index is 5.99. The van der Waals surface area contributed by atoms with Crippen LogP contribution < -0.4 is 10.6 Å². The van der Waals surface area contributed by atoms with Crippen LogP contribution in [0.3, 0.4) is 0 Å². The highest BCUT2D eigenvalue weighted by molar-refractivity contribution is 14.0. The van der Waals surface area contributed by atoms with Gasteiger partial charge >= 0.3 is 0 Å².